The van der Waals surface area contributed by atoms with Crippen molar-refractivity contribution in [3.05, 3.63) is 105 Å². The molecule has 1 amide bonds. The Hall–Kier alpha value is -3.41. The number of nitrogens with zero attached hydrogens (tertiary/aromatic N) is 3. The highest BCUT2D eigenvalue weighted by atomic mass is 35.5. The number of carbonyl (C=O) groups excluding carboxylic acids is 1. The van der Waals surface area contributed by atoms with Crippen LogP contribution in [0.3, 0.4) is 0 Å². The van der Waals surface area contributed by atoms with Crippen molar-refractivity contribution < 1.29 is 9.53 Å². The summed E-state index contributed by atoms with van der Waals surface area (Å²) in [5.41, 5.74) is 4.83. The van der Waals surface area contributed by atoms with E-state index in [2.05, 4.69) is 11.1 Å². The lowest BCUT2D eigenvalue weighted by Crippen LogP contribution is -2.27. The Labute approximate surface area is 207 Å². The Morgan fingerprint density at radius 3 is 2.62 bits per heavy atom. The topological polar surface area (TPSA) is 54.8 Å². The number of aromatic nitrogens is 1. The van der Waals surface area contributed by atoms with E-state index in [1.165, 1.54) is 5.01 Å². The Balaban J connectivity index is 1.61. The number of carbonyl (C=O) groups is 1. The summed E-state index contributed by atoms with van der Waals surface area (Å²) in [6, 6.07) is 22.2. The Morgan fingerprint density at radius 2 is 1.85 bits per heavy atom. The largest absolute Gasteiger partial charge is 0.497 e. The molecule has 0 spiro atoms. The van der Waals surface area contributed by atoms with Gasteiger partial charge >= 0.3 is 0 Å². The number of pyridine rings is 1. The number of aryl methyl sites for hydroxylation is 1. The Morgan fingerprint density at radius 1 is 1.03 bits per heavy atom. The van der Waals surface area contributed by atoms with Crippen molar-refractivity contribution in [1.29, 1.82) is 0 Å². The molecule has 0 bridgehead atoms. The van der Waals surface area contributed by atoms with Crippen molar-refractivity contribution in [3.8, 4) is 5.75 Å². The molecule has 0 radical (unpaired) electrons. The second-order valence-electron chi connectivity index (χ2n) is 8.22. The maximum absolute atomic E-state index is 13.6. The summed E-state index contributed by atoms with van der Waals surface area (Å²) < 4.78 is 5.31. The predicted octanol–water partition coefficient (Wildman–Crippen LogP) is 6.85. The highest BCUT2D eigenvalue weighted by Gasteiger charge is 2.35. The molecule has 5 rings (SSSR count). The van der Waals surface area contributed by atoms with Gasteiger partial charge in [0.2, 0.25) is 0 Å². The van der Waals surface area contributed by atoms with Crippen molar-refractivity contribution >= 4 is 45.7 Å². The first kappa shape index (κ1) is 22.4. The Bertz CT molecular complexity index is 1450. The minimum Gasteiger partial charge on any atom is -0.497 e. The molecule has 0 fully saturated rings. The van der Waals surface area contributed by atoms with Gasteiger partial charge in [-0.25, -0.2) is 9.99 Å². The van der Waals surface area contributed by atoms with E-state index < -0.39 is 6.04 Å². The number of amides is 1. The lowest BCUT2D eigenvalue weighted by atomic mass is 9.97. The molecule has 0 saturated carbocycles. The summed E-state index contributed by atoms with van der Waals surface area (Å²) in [6.07, 6.45) is 0.513. The van der Waals surface area contributed by atoms with E-state index in [4.69, 9.17) is 33.0 Å². The molecule has 7 heteroatoms. The lowest BCUT2D eigenvalue weighted by molar-refractivity contribution is 0.0711. The standard InChI is InChI=1S/C27H21Cl2N3O2/c1-16-5-3-6-17(11-16)24-15-25(32(31-24)27(33)19-7-4-8-20(28)12-19)22-13-18-9-10-21(34-2)14-23(18)30-26(22)29/h3-14,25H,15H2,1-2H3/t25-/m1/s1. The first-order valence-electron chi connectivity index (χ1n) is 10.8. The van der Waals surface area contributed by atoms with Crippen molar-refractivity contribution in [1.82, 2.24) is 9.99 Å². The van der Waals surface area contributed by atoms with Crippen LogP contribution in [-0.2, 0) is 0 Å². The fraction of sp³-hybridized carbons (Fsp3) is 0.148. The number of rotatable bonds is 4. The van der Waals surface area contributed by atoms with Crippen molar-refractivity contribution in [2.45, 2.75) is 19.4 Å². The second kappa shape index (κ2) is 9.09. The molecule has 1 aliphatic heterocycles. The number of methoxy groups -OCH3 is 1. The average molecular weight is 490 g/mol. The summed E-state index contributed by atoms with van der Waals surface area (Å²) in [5.74, 6) is 0.452. The van der Waals surface area contributed by atoms with Crippen LogP contribution in [-0.4, -0.2) is 28.7 Å². The monoisotopic (exact) mass is 489 g/mol. The molecule has 0 unspecified atom stereocenters. The second-order valence-corrected chi connectivity index (χ2v) is 9.02. The summed E-state index contributed by atoms with van der Waals surface area (Å²) in [5, 5.41) is 7.99. The van der Waals surface area contributed by atoms with E-state index in [1.54, 1.807) is 31.4 Å². The van der Waals surface area contributed by atoms with Gasteiger partial charge in [0.25, 0.3) is 5.91 Å². The van der Waals surface area contributed by atoms with Gasteiger partial charge in [0, 0.05) is 34.0 Å². The maximum atomic E-state index is 13.6. The molecule has 2 heterocycles. The highest BCUT2D eigenvalue weighted by molar-refractivity contribution is 6.31. The number of halogens is 2. The third-order valence-corrected chi connectivity index (χ3v) is 6.44. The lowest BCUT2D eigenvalue weighted by Gasteiger charge is -2.23. The van der Waals surface area contributed by atoms with Gasteiger partial charge in [-0.3, -0.25) is 4.79 Å². The fourth-order valence-corrected chi connectivity index (χ4v) is 4.65. The van der Waals surface area contributed by atoms with Crippen LogP contribution in [0.25, 0.3) is 10.9 Å². The van der Waals surface area contributed by atoms with Gasteiger partial charge in [0.15, 0.2) is 0 Å². The van der Waals surface area contributed by atoms with Gasteiger partial charge in [-0.15, -0.1) is 0 Å². The fourth-order valence-electron chi connectivity index (χ4n) is 4.19. The van der Waals surface area contributed by atoms with Crippen LogP contribution < -0.4 is 4.74 Å². The molecule has 0 saturated heterocycles. The average Bonchev–Trinajstić information content (AvgIpc) is 3.28. The molecule has 0 N–H and O–H groups in total. The van der Waals surface area contributed by atoms with Crippen LogP contribution in [0.15, 0.2) is 77.9 Å². The normalized spacial score (nSPS) is 15.5. The molecular weight excluding hydrogens is 469 g/mol. The molecule has 170 valence electrons. The minimum absolute atomic E-state index is 0.249. The molecule has 1 aromatic heterocycles. The predicted molar refractivity (Wildman–Crippen MR) is 136 cm³/mol. The number of hydrogen-bond donors (Lipinski definition) is 0. The van der Waals surface area contributed by atoms with E-state index in [0.29, 0.717) is 27.9 Å². The van der Waals surface area contributed by atoms with Crippen molar-refractivity contribution in [2.24, 2.45) is 5.10 Å². The van der Waals surface area contributed by atoms with Crippen LogP contribution in [0.5, 0.6) is 5.75 Å². The highest BCUT2D eigenvalue weighted by Crippen LogP contribution is 2.38. The zero-order valence-electron chi connectivity index (χ0n) is 18.6. The zero-order valence-corrected chi connectivity index (χ0v) is 20.1. The van der Waals surface area contributed by atoms with Crippen molar-refractivity contribution in [3.63, 3.8) is 0 Å². The van der Waals surface area contributed by atoms with Gasteiger partial charge in [-0.1, -0.05) is 59.1 Å². The molecule has 3 aromatic carbocycles. The van der Waals surface area contributed by atoms with Gasteiger partial charge < -0.3 is 4.74 Å². The third kappa shape index (κ3) is 4.25. The third-order valence-electron chi connectivity index (χ3n) is 5.91. The van der Waals surface area contributed by atoms with E-state index in [-0.39, 0.29) is 5.91 Å². The smallest absolute Gasteiger partial charge is 0.274 e. The Kier molecular flexibility index (Phi) is 5.98. The van der Waals surface area contributed by atoms with Gasteiger partial charge in [0.1, 0.15) is 10.9 Å². The van der Waals surface area contributed by atoms with Crippen LogP contribution >= 0.6 is 23.2 Å². The van der Waals surface area contributed by atoms with Crippen LogP contribution in [0.1, 0.15) is 39.5 Å². The van der Waals surface area contributed by atoms with Crippen molar-refractivity contribution in [2.75, 3.05) is 7.11 Å². The summed E-state index contributed by atoms with van der Waals surface area (Å²) >= 11 is 12.8. The molecule has 1 atom stereocenters. The summed E-state index contributed by atoms with van der Waals surface area (Å²) in [6.45, 7) is 2.03. The summed E-state index contributed by atoms with van der Waals surface area (Å²) in [7, 11) is 1.61. The molecule has 5 nitrogen and oxygen atoms in total. The first-order chi connectivity index (χ1) is 16.4. The zero-order chi connectivity index (χ0) is 23.8. The molecule has 34 heavy (non-hydrogen) atoms. The van der Waals surface area contributed by atoms with Gasteiger partial charge in [0.05, 0.1) is 24.4 Å². The quantitative estimate of drug-likeness (QED) is 0.294. The van der Waals surface area contributed by atoms with E-state index in [1.807, 2.05) is 49.4 Å². The van der Waals surface area contributed by atoms with E-state index >= 15 is 0 Å². The number of hydrazone groups is 1. The van der Waals surface area contributed by atoms with E-state index in [9.17, 15) is 4.79 Å². The number of ether oxygens (including phenoxy) is 1. The molecular formula is C27H21Cl2N3O2. The summed E-state index contributed by atoms with van der Waals surface area (Å²) in [4.78, 5) is 18.2. The number of benzene rings is 3. The van der Waals surface area contributed by atoms with Gasteiger partial charge in [-0.2, -0.15) is 5.10 Å². The number of hydrogen-bond acceptors (Lipinski definition) is 4. The van der Waals surface area contributed by atoms with E-state index in [0.717, 1.165) is 33.3 Å². The molecule has 1 aliphatic rings. The maximum Gasteiger partial charge on any atom is 0.274 e. The first-order valence-corrected chi connectivity index (χ1v) is 11.6. The van der Waals surface area contributed by atoms with Crippen LogP contribution in [0.4, 0.5) is 0 Å². The van der Waals surface area contributed by atoms with Gasteiger partial charge in [-0.05, 0) is 48.9 Å². The number of fused-ring (bicyclic) bond motifs is 1. The molecule has 0 aliphatic carbocycles. The van der Waals surface area contributed by atoms with Crippen LogP contribution in [0.2, 0.25) is 10.2 Å². The minimum atomic E-state index is -0.409. The SMILES string of the molecule is COc1ccc2cc([C@H]3CC(c4cccc(C)c4)=NN3C(=O)c3cccc(Cl)c3)c(Cl)nc2c1. The van der Waals surface area contributed by atoms with Crippen LogP contribution in [0, 0.1) is 6.92 Å². The molecule has 4 aromatic rings.